The average molecular weight is 192 g/mol. The lowest BCUT2D eigenvalue weighted by Crippen LogP contribution is -2.11. The molecule has 2 unspecified atom stereocenters. The Morgan fingerprint density at radius 1 is 1.36 bits per heavy atom. The summed E-state index contributed by atoms with van der Waals surface area (Å²) < 4.78 is 4.99. The zero-order valence-corrected chi connectivity index (χ0v) is 7.72. The van der Waals surface area contributed by atoms with Crippen LogP contribution in [0.15, 0.2) is 30.3 Å². The Morgan fingerprint density at radius 3 is 2.64 bits per heavy atom. The van der Waals surface area contributed by atoms with Crippen LogP contribution in [0.3, 0.4) is 0 Å². The highest BCUT2D eigenvalue weighted by Crippen LogP contribution is 2.18. The number of hydrogen-bond donors (Lipinski definition) is 1. The van der Waals surface area contributed by atoms with E-state index in [1.165, 1.54) is 0 Å². The second-order valence-electron chi connectivity index (χ2n) is 3.50. The van der Waals surface area contributed by atoms with Crippen molar-refractivity contribution in [1.29, 1.82) is 0 Å². The summed E-state index contributed by atoms with van der Waals surface area (Å²) in [6.07, 6.45) is 0.000733. The van der Waals surface area contributed by atoms with Crippen LogP contribution in [-0.4, -0.2) is 23.3 Å². The third kappa shape index (κ3) is 1.93. The van der Waals surface area contributed by atoms with E-state index in [0.29, 0.717) is 12.8 Å². The molecule has 0 radical (unpaired) electrons. The van der Waals surface area contributed by atoms with Gasteiger partial charge in [0.1, 0.15) is 6.10 Å². The molecule has 3 heteroatoms. The molecule has 1 fully saturated rings. The summed E-state index contributed by atoms with van der Waals surface area (Å²) in [6, 6.07) is 9.81. The van der Waals surface area contributed by atoms with Crippen molar-refractivity contribution in [2.24, 2.45) is 0 Å². The Bertz CT molecular complexity index is 321. The summed E-state index contributed by atoms with van der Waals surface area (Å²) >= 11 is 0. The number of aliphatic hydroxyl groups excluding tert-OH is 1. The minimum atomic E-state index is -0.927. The van der Waals surface area contributed by atoms with Gasteiger partial charge in [-0.25, -0.2) is 4.79 Å². The number of carbonyl (C=O) groups excluding carboxylic acids is 1. The van der Waals surface area contributed by atoms with E-state index in [0.717, 1.165) is 5.56 Å². The van der Waals surface area contributed by atoms with Gasteiger partial charge in [-0.05, 0) is 5.56 Å². The van der Waals surface area contributed by atoms with Gasteiger partial charge in [0.05, 0.1) is 0 Å². The van der Waals surface area contributed by atoms with E-state index < -0.39 is 12.1 Å². The summed E-state index contributed by atoms with van der Waals surface area (Å²) in [6.45, 7) is 0. The SMILES string of the molecule is O=C1OC(Cc2ccccc2)CC1O. The number of benzene rings is 1. The zero-order chi connectivity index (χ0) is 9.97. The second-order valence-corrected chi connectivity index (χ2v) is 3.50. The summed E-state index contributed by atoms with van der Waals surface area (Å²) in [7, 11) is 0. The number of cyclic esters (lactones) is 1. The zero-order valence-electron chi connectivity index (χ0n) is 7.72. The summed E-state index contributed by atoms with van der Waals surface area (Å²) in [5.74, 6) is -0.495. The third-order valence-corrected chi connectivity index (χ3v) is 2.35. The van der Waals surface area contributed by atoms with Gasteiger partial charge in [-0.2, -0.15) is 0 Å². The highest BCUT2D eigenvalue weighted by molar-refractivity contribution is 5.76. The van der Waals surface area contributed by atoms with Crippen LogP contribution in [0.5, 0.6) is 0 Å². The normalized spacial score (nSPS) is 26.2. The first-order valence-corrected chi connectivity index (χ1v) is 4.68. The fourth-order valence-electron chi connectivity index (χ4n) is 1.64. The quantitative estimate of drug-likeness (QED) is 0.708. The van der Waals surface area contributed by atoms with E-state index in [-0.39, 0.29) is 6.10 Å². The molecule has 74 valence electrons. The van der Waals surface area contributed by atoms with Crippen LogP contribution in [0, 0.1) is 0 Å². The number of rotatable bonds is 2. The Morgan fingerprint density at radius 2 is 2.07 bits per heavy atom. The Hall–Kier alpha value is -1.35. The van der Waals surface area contributed by atoms with Gasteiger partial charge in [0.15, 0.2) is 6.10 Å². The predicted octanol–water partition coefficient (Wildman–Crippen LogP) is 0.905. The molecule has 1 N–H and O–H groups in total. The van der Waals surface area contributed by atoms with Crippen molar-refractivity contribution in [2.75, 3.05) is 0 Å². The predicted molar refractivity (Wildman–Crippen MR) is 50.6 cm³/mol. The highest BCUT2D eigenvalue weighted by atomic mass is 16.6. The van der Waals surface area contributed by atoms with Crippen LogP contribution in [-0.2, 0) is 16.0 Å². The van der Waals surface area contributed by atoms with E-state index in [1.54, 1.807) is 0 Å². The fourth-order valence-corrected chi connectivity index (χ4v) is 1.64. The van der Waals surface area contributed by atoms with Gasteiger partial charge in [-0.3, -0.25) is 0 Å². The van der Waals surface area contributed by atoms with Gasteiger partial charge in [-0.15, -0.1) is 0 Å². The molecule has 0 saturated carbocycles. The van der Waals surface area contributed by atoms with Crippen molar-refractivity contribution in [3.8, 4) is 0 Å². The number of aliphatic hydroxyl groups is 1. The smallest absolute Gasteiger partial charge is 0.335 e. The van der Waals surface area contributed by atoms with E-state index in [2.05, 4.69) is 0 Å². The van der Waals surface area contributed by atoms with E-state index in [4.69, 9.17) is 4.74 Å². The van der Waals surface area contributed by atoms with Gasteiger partial charge < -0.3 is 9.84 Å². The van der Waals surface area contributed by atoms with Gasteiger partial charge in [0, 0.05) is 12.8 Å². The van der Waals surface area contributed by atoms with Crippen molar-refractivity contribution >= 4 is 5.97 Å². The molecule has 0 amide bonds. The van der Waals surface area contributed by atoms with Gasteiger partial charge >= 0.3 is 5.97 Å². The maximum Gasteiger partial charge on any atom is 0.335 e. The van der Waals surface area contributed by atoms with Crippen molar-refractivity contribution in [3.63, 3.8) is 0 Å². The minimum Gasteiger partial charge on any atom is -0.460 e. The van der Waals surface area contributed by atoms with Gasteiger partial charge in [0.25, 0.3) is 0 Å². The van der Waals surface area contributed by atoms with Gasteiger partial charge in [-0.1, -0.05) is 30.3 Å². The number of ether oxygens (including phenoxy) is 1. The van der Waals surface area contributed by atoms with E-state index in [9.17, 15) is 9.90 Å². The van der Waals surface area contributed by atoms with Gasteiger partial charge in [0.2, 0.25) is 0 Å². The Labute approximate surface area is 82.3 Å². The van der Waals surface area contributed by atoms with Crippen molar-refractivity contribution in [2.45, 2.75) is 25.0 Å². The number of carbonyl (C=O) groups is 1. The van der Waals surface area contributed by atoms with Crippen LogP contribution in [0.2, 0.25) is 0 Å². The molecule has 0 aliphatic carbocycles. The molecule has 2 rings (SSSR count). The molecule has 1 aliphatic heterocycles. The molecule has 0 spiro atoms. The van der Waals surface area contributed by atoms with Crippen molar-refractivity contribution < 1.29 is 14.6 Å². The summed E-state index contributed by atoms with van der Waals surface area (Å²) in [5, 5.41) is 9.17. The van der Waals surface area contributed by atoms with E-state index in [1.807, 2.05) is 30.3 Å². The molecule has 2 atom stereocenters. The minimum absolute atomic E-state index is 0.167. The molecule has 1 aliphatic rings. The van der Waals surface area contributed by atoms with Crippen molar-refractivity contribution in [1.82, 2.24) is 0 Å². The topological polar surface area (TPSA) is 46.5 Å². The molecule has 0 aromatic heterocycles. The highest BCUT2D eigenvalue weighted by Gasteiger charge is 2.32. The van der Waals surface area contributed by atoms with Crippen LogP contribution >= 0.6 is 0 Å². The fraction of sp³-hybridized carbons (Fsp3) is 0.364. The molecular formula is C11H12O3. The van der Waals surface area contributed by atoms with Crippen LogP contribution < -0.4 is 0 Å². The maximum atomic E-state index is 10.9. The first-order valence-electron chi connectivity index (χ1n) is 4.68. The first kappa shape index (κ1) is 9.21. The lowest BCUT2D eigenvalue weighted by Gasteiger charge is -2.07. The monoisotopic (exact) mass is 192 g/mol. The molecule has 1 saturated heterocycles. The Kier molecular flexibility index (Phi) is 2.50. The largest absolute Gasteiger partial charge is 0.460 e. The molecular weight excluding hydrogens is 180 g/mol. The second kappa shape index (κ2) is 3.80. The van der Waals surface area contributed by atoms with E-state index >= 15 is 0 Å². The molecule has 1 heterocycles. The molecule has 1 aromatic rings. The van der Waals surface area contributed by atoms with Crippen LogP contribution in [0.25, 0.3) is 0 Å². The number of esters is 1. The Balaban J connectivity index is 1.97. The summed E-state index contributed by atoms with van der Waals surface area (Å²) in [5.41, 5.74) is 1.12. The lowest BCUT2D eigenvalue weighted by atomic mass is 10.1. The molecule has 1 aromatic carbocycles. The maximum absolute atomic E-state index is 10.9. The van der Waals surface area contributed by atoms with Crippen LogP contribution in [0.4, 0.5) is 0 Å². The summed E-state index contributed by atoms with van der Waals surface area (Å²) in [4.78, 5) is 10.9. The molecule has 14 heavy (non-hydrogen) atoms. The average Bonchev–Trinajstić information content (AvgIpc) is 2.47. The number of hydrogen-bond acceptors (Lipinski definition) is 3. The standard InChI is InChI=1S/C11H12O3/c12-10-7-9(14-11(10)13)6-8-4-2-1-3-5-8/h1-5,9-10,12H,6-7H2. The lowest BCUT2D eigenvalue weighted by molar-refractivity contribution is -0.147. The van der Waals surface area contributed by atoms with Crippen LogP contribution in [0.1, 0.15) is 12.0 Å². The first-order chi connectivity index (χ1) is 6.75. The molecule has 0 bridgehead atoms. The third-order valence-electron chi connectivity index (χ3n) is 2.35. The van der Waals surface area contributed by atoms with Crippen molar-refractivity contribution in [3.05, 3.63) is 35.9 Å². The molecule has 3 nitrogen and oxygen atoms in total.